The van der Waals surface area contributed by atoms with E-state index in [0.717, 1.165) is 77.8 Å². The molecule has 15 heteroatoms. The van der Waals surface area contributed by atoms with Crippen LogP contribution in [0.2, 0.25) is 0 Å². The number of ether oxygens (including phenoxy) is 8. The molecule has 0 aromatic heterocycles. The highest BCUT2D eigenvalue weighted by atomic mass is 16.8. The number of piperidine rings is 2. The second-order valence-electron chi connectivity index (χ2n) is 15.7. The summed E-state index contributed by atoms with van der Waals surface area (Å²) in [4.78, 5) is 18.9. The van der Waals surface area contributed by atoms with Crippen LogP contribution in [-0.4, -0.2) is 166 Å². The van der Waals surface area contributed by atoms with Crippen molar-refractivity contribution in [3.05, 3.63) is 0 Å². The van der Waals surface area contributed by atoms with Gasteiger partial charge in [-0.1, -0.05) is 0 Å². The van der Waals surface area contributed by atoms with Crippen LogP contribution in [0.15, 0.2) is 0 Å². The van der Waals surface area contributed by atoms with E-state index in [-0.39, 0.29) is 54.9 Å². The maximum atomic E-state index is 12.4. The van der Waals surface area contributed by atoms with Gasteiger partial charge in [0.15, 0.2) is 24.2 Å². The van der Waals surface area contributed by atoms with Crippen molar-refractivity contribution in [2.24, 2.45) is 5.73 Å². The van der Waals surface area contributed by atoms with E-state index in [0.29, 0.717) is 25.2 Å². The number of carbonyl (C=O) groups is 1. The molecule has 7 rings (SSSR count). The second-order valence-corrected chi connectivity index (χ2v) is 15.7. The number of hydrogen-bond donors (Lipinski definition) is 2. The van der Waals surface area contributed by atoms with Crippen LogP contribution in [0, 0.1) is 11.3 Å². The highest BCUT2D eigenvalue weighted by Crippen LogP contribution is 2.40. The third-order valence-electron chi connectivity index (χ3n) is 11.0. The van der Waals surface area contributed by atoms with Crippen LogP contribution in [0.25, 0.3) is 0 Å². The number of carbonyl (C=O) groups excluding carboxylic acids is 1. The number of nitrogens with one attached hydrogen (secondary N) is 1. The number of amides is 1. The molecule has 1 amide bonds. The first-order valence-electron chi connectivity index (χ1n) is 18.6. The molecule has 7 saturated heterocycles. The number of nitrogens with two attached hydrogens (primary N) is 1. The molecule has 0 bridgehead atoms. The first-order chi connectivity index (χ1) is 23.9. The molecule has 0 saturated carbocycles. The number of rotatable bonds is 9. The van der Waals surface area contributed by atoms with Crippen LogP contribution < -0.4 is 11.1 Å². The molecule has 0 aromatic carbocycles. The van der Waals surface area contributed by atoms with Gasteiger partial charge in [0.2, 0.25) is 5.91 Å². The Bertz CT molecular complexity index is 1170. The summed E-state index contributed by atoms with van der Waals surface area (Å²) in [6, 6.07) is 2.65. The van der Waals surface area contributed by atoms with E-state index in [2.05, 4.69) is 21.2 Å². The second kappa shape index (κ2) is 16.2. The minimum atomic E-state index is -0.614. The Morgan fingerprint density at radius 3 is 1.74 bits per heavy atom. The lowest BCUT2D eigenvalue weighted by atomic mass is 10.0. The average Bonchev–Trinajstić information content (AvgIpc) is 3.89. The van der Waals surface area contributed by atoms with Crippen LogP contribution in [0.4, 0.5) is 0 Å². The molecule has 0 aliphatic carbocycles. The van der Waals surface area contributed by atoms with Gasteiger partial charge in [-0.2, -0.15) is 5.26 Å². The molecule has 0 spiro atoms. The standard InChI is InChI=1S/C21H34N4O5.C14H26N2O4/c1-21(2)29-18-16(28-20(27-3)19(18)30-21)13-24-9-6-14(7-10-24)23-12-17(26)25-8-4-5-15(25)11-22;1-14(2)19-11-10(18-13(17-3)12(11)20-14)8-16-6-4-9(15)5-7-16/h14-16,18-20,23H,4-10,12-13H2,1-3H3;9-13H,4-8,15H2,1-3H3/t15-,16+,18+,19+,20+;10-,11-,12-,13-/m01/s1. The Balaban J connectivity index is 0.000000187. The predicted octanol–water partition coefficient (Wildman–Crippen LogP) is 0.747. The fourth-order valence-electron chi connectivity index (χ4n) is 8.45. The van der Waals surface area contributed by atoms with E-state index in [1.807, 2.05) is 27.7 Å². The van der Waals surface area contributed by atoms with Crippen molar-refractivity contribution in [1.29, 1.82) is 5.26 Å². The van der Waals surface area contributed by atoms with Crippen molar-refractivity contribution in [3.63, 3.8) is 0 Å². The largest absolute Gasteiger partial charge is 0.353 e. The van der Waals surface area contributed by atoms with Crippen LogP contribution in [0.1, 0.15) is 66.2 Å². The van der Waals surface area contributed by atoms with Crippen molar-refractivity contribution in [3.8, 4) is 6.07 Å². The Morgan fingerprint density at radius 1 is 0.780 bits per heavy atom. The molecule has 3 N–H and O–H groups in total. The zero-order valence-electron chi connectivity index (χ0n) is 30.8. The fourth-order valence-corrected chi connectivity index (χ4v) is 8.45. The molecule has 7 aliphatic heterocycles. The van der Waals surface area contributed by atoms with Crippen LogP contribution in [-0.2, 0) is 42.7 Å². The van der Waals surface area contributed by atoms with E-state index in [1.54, 1.807) is 19.1 Å². The van der Waals surface area contributed by atoms with Crippen LogP contribution in [0.3, 0.4) is 0 Å². The zero-order chi connectivity index (χ0) is 35.6. The van der Waals surface area contributed by atoms with Crippen molar-refractivity contribution in [2.75, 3.05) is 66.6 Å². The van der Waals surface area contributed by atoms with Gasteiger partial charge in [-0.3, -0.25) is 4.79 Å². The number of likely N-dealkylation sites (tertiary alicyclic amines) is 3. The van der Waals surface area contributed by atoms with Gasteiger partial charge in [-0.25, -0.2) is 0 Å². The Morgan fingerprint density at radius 2 is 1.26 bits per heavy atom. The van der Waals surface area contributed by atoms with E-state index in [4.69, 9.17) is 48.9 Å². The normalized spacial score (nSPS) is 38.8. The van der Waals surface area contributed by atoms with Gasteiger partial charge in [0.1, 0.15) is 42.7 Å². The molecule has 0 radical (unpaired) electrons. The van der Waals surface area contributed by atoms with Gasteiger partial charge in [0, 0.05) is 45.9 Å². The summed E-state index contributed by atoms with van der Waals surface area (Å²) >= 11 is 0. The van der Waals surface area contributed by atoms with Crippen LogP contribution >= 0.6 is 0 Å². The van der Waals surface area contributed by atoms with Gasteiger partial charge >= 0.3 is 0 Å². The summed E-state index contributed by atoms with van der Waals surface area (Å²) in [5.74, 6) is -1.13. The minimum absolute atomic E-state index is 0.000972. The maximum absolute atomic E-state index is 12.4. The molecule has 0 unspecified atom stereocenters. The molecule has 7 fully saturated rings. The molecule has 0 aromatic rings. The fraction of sp³-hybridized carbons (Fsp3) is 0.943. The third kappa shape index (κ3) is 8.98. The molecular weight excluding hydrogens is 648 g/mol. The molecule has 15 nitrogen and oxygen atoms in total. The number of nitrogens with zero attached hydrogens (tertiary/aromatic N) is 4. The number of fused-ring (bicyclic) bond motifs is 2. The Kier molecular flexibility index (Phi) is 12.4. The third-order valence-corrected chi connectivity index (χ3v) is 11.0. The lowest BCUT2D eigenvalue weighted by Gasteiger charge is -2.35. The first kappa shape index (κ1) is 38.2. The van der Waals surface area contributed by atoms with Crippen molar-refractivity contribution < 1.29 is 42.7 Å². The Hall–Kier alpha value is -1.52. The lowest BCUT2D eigenvalue weighted by molar-refractivity contribution is -0.228. The molecule has 9 atom stereocenters. The SMILES string of the molecule is CO[C@@H]1O[C@H](CN2CCC(N)CC2)[C@H]2OC(C)(C)O[C@@H]12.CO[C@@H]1O[C@H](CN2CCC(NCC(=O)N3CCC[C@H]3C#N)CC2)[C@H]2OC(C)(C)O[C@@H]12. The topological polar surface area (TPSA) is 162 Å². The van der Waals surface area contributed by atoms with Gasteiger partial charge in [-0.05, 0) is 92.4 Å². The Labute approximate surface area is 297 Å². The van der Waals surface area contributed by atoms with Gasteiger partial charge in [0.25, 0.3) is 0 Å². The highest BCUT2D eigenvalue weighted by Gasteiger charge is 2.57. The molecular formula is C35H60N6O9. The maximum Gasteiger partial charge on any atom is 0.237 e. The quantitative estimate of drug-likeness (QED) is 0.345. The van der Waals surface area contributed by atoms with E-state index >= 15 is 0 Å². The average molecular weight is 709 g/mol. The number of methoxy groups -OCH3 is 2. The predicted molar refractivity (Wildman–Crippen MR) is 180 cm³/mol. The zero-order valence-corrected chi connectivity index (χ0v) is 30.8. The monoisotopic (exact) mass is 708 g/mol. The minimum Gasteiger partial charge on any atom is -0.353 e. The lowest BCUT2D eigenvalue weighted by Crippen LogP contribution is -2.49. The molecule has 284 valence electrons. The highest BCUT2D eigenvalue weighted by molar-refractivity contribution is 5.79. The van der Waals surface area contributed by atoms with Gasteiger partial charge < -0.3 is 63.6 Å². The van der Waals surface area contributed by atoms with E-state index in [1.165, 1.54) is 0 Å². The van der Waals surface area contributed by atoms with Crippen molar-refractivity contribution >= 4 is 5.91 Å². The van der Waals surface area contributed by atoms with Crippen LogP contribution in [0.5, 0.6) is 0 Å². The first-order valence-corrected chi connectivity index (χ1v) is 18.6. The molecule has 7 aliphatic rings. The molecule has 50 heavy (non-hydrogen) atoms. The van der Waals surface area contributed by atoms with Gasteiger partial charge in [0.05, 0.1) is 12.6 Å². The van der Waals surface area contributed by atoms with Gasteiger partial charge in [-0.15, -0.1) is 0 Å². The number of nitriles is 1. The van der Waals surface area contributed by atoms with Crippen molar-refractivity contribution in [2.45, 2.75) is 145 Å². The number of hydrogen-bond acceptors (Lipinski definition) is 14. The summed E-state index contributed by atoms with van der Waals surface area (Å²) in [6.07, 6.45) is 4.48. The summed E-state index contributed by atoms with van der Waals surface area (Å²) in [5, 5.41) is 12.6. The smallest absolute Gasteiger partial charge is 0.237 e. The molecule has 7 heterocycles. The van der Waals surface area contributed by atoms with Crippen molar-refractivity contribution in [1.82, 2.24) is 20.0 Å². The summed E-state index contributed by atoms with van der Waals surface area (Å²) < 4.78 is 46.8. The summed E-state index contributed by atoms with van der Waals surface area (Å²) in [6.45, 7) is 14.3. The summed E-state index contributed by atoms with van der Waals surface area (Å²) in [5.41, 5.74) is 5.95. The van der Waals surface area contributed by atoms with E-state index in [9.17, 15) is 4.79 Å². The summed E-state index contributed by atoms with van der Waals surface area (Å²) in [7, 11) is 3.29. The van der Waals surface area contributed by atoms with E-state index < -0.39 is 17.9 Å².